The minimum absolute atomic E-state index is 0.423. The fourth-order valence-electron chi connectivity index (χ4n) is 2.53. The molecule has 0 amide bonds. The summed E-state index contributed by atoms with van der Waals surface area (Å²) in [5.74, 6) is -1.47. The number of hydrogen-bond donors (Lipinski definition) is 1. The zero-order valence-electron chi connectivity index (χ0n) is 10.8. The van der Waals surface area contributed by atoms with Gasteiger partial charge in [0, 0.05) is 24.7 Å². The van der Waals surface area contributed by atoms with Gasteiger partial charge < -0.3 is 5.32 Å². The molecule has 100 valence electrons. The molecule has 0 aromatic heterocycles. The first-order chi connectivity index (χ1) is 8.72. The summed E-state index contributed by atoms with van der Waals surface area (Å²) >= 11 is 0. The fourth-order valence-corrected chi connectivity index (χ4v) is 2.53. The van der Waals surface area contributed by atoms with Crippen LogP contribution in [-0.4, -0.2) is 30.6 Å². The molecular formula is C14H20F2N2. The largest absolute Gasteiger partial charge is 0.315 e. The quantitative estimate of drug-likeness (QED) is 0.888. The van der Waals surface area contributed by atoms with E-state index in [1.54, 1.807) is 12.1 Å². The first-order valence-electron chi connectivity index (χ1n) is 6.60. The van der Waals surface area contributed by atoms with Crippen molar-refractivity contribution in [2.75, 3.05) is 19.6 Å². The van der Waals surface area contributed by atoms with Crippen LogP contribution in [0.2, 0.25) is 0 Å². The average molecular weight is 254 g/mol. The molecule has 0 aliphatic carbocycles. The molecular weight excluding hydrogens is 234 g/mol. The zero-order chi connectivity index (χ0) is 13.0. The van der Waals surface area contributed by atoms with Crippen LogP contribution in [0.4, 0.5) is 8.78 Å². The van der Waals surface area contributed by atoms with Crippen LogP contribution in [-0.2, 0) is 6.54 Å². The number of rotatable bonds is 4. The van der Waals surface area contributed by atoms with E-state index in [1.807, 2.05) is 0 Å². The van der Waals surface area contributed by atoms with E-state index in [0.29, 0.717) is 18.2 Å². The third kappa shape index (κ3) is 3.06. The molecule has 0 radical (unpaired) electrons. The lowest BCUT2D eigenvalue weighted by molar-refractivity contribution is 0.164. The first-order valence-corrected chi connectivity index (χ1v) is 6.60. The molecule has 1 atom stereocenters. The Hall–Kier alpha value is -1.00. The third-order valence-electron chi connectivity index (χ3n) is 3.60. The van der Waals surface area contributed by atoms with Crippen LogP contribution < -0.4 is 5.32 Å². The van der Waals surface area contributed by atoms with Crippen molar-refractivity contribution in [3.8, 4) is 0 Å². The summed E-state index contributed by atoms with van der Waals surface area (Å²) in [5.41, 5.74) is 0.447. The Labute approximate surface area is 107 Å². The van der Waals surface area contributed by atoms with Crippen molar-refractivity contribution >= 4 is 0 Å². The second-order valence-corrected chi connectivity index (χ2v) is 4.78. The van der Waals surface area contributed by atoms with Crippen molar-refractivity contribution in [1.29, 1.82) is 0 Å². The summed E-state index contributed by atoms with van der Waals surface area (Å²) < 4.78 is 26.8. The smallest absolute Gasteiger partial charge is 0.163 e. The number of piperidine rings is 1. The molecule has 1 aliphatic rings. The summed E-state index contributed by atoms with van der Waals surface area (Å²) in [6.07, 6.45) is 2.27. The summed E-state index contributed by atoms with van der Waals surface area (Å²) in [6.45, 7) is 5.38. The van der Waals surface area contributed by atoms with Crippen LogP contribution in [0.5, 0.6) is 0 Å². The topological polar surface area (TPSA) is 15.3 Å². The number of halogens is 2. The maximum Gasteiger partial charge on any atom is 0.163 e. The number of likely N-dealkylation sites (N-methyl/N-ethyl adjacent to an activating group) is 1. The van der Waals surface area contributed by atoms with Gasteiger partial charge in [-0.15, -0.1) is 0 Å². The van der Waals surface area contributed by atoms with E-state index in [9.17, 15) is 8.78 Å². The Kier molecular flexibility index (Phi) is 4.66. The molecule has 1 N–H and O–H groups in total. The first kappa shape index (κ1) is 13.4. The molecule has 0 bridgehead atoms. The van der Waals surface area contributed by atoms with Crippen LogP contribution in [0.3, 0.4) is 0 Å². The predicted molar refractivity (Wildman–Crippen MR) is 68.3 cm³/mol. The van der Waals surface area contributed by atoms with Crippen LogP contribution in [0.15, 0.2) is 18.2 Å². The highest BCUT2D eigenvalue weighted by molar-refractivity contribution is 5.19. The van der Waals surface area contributed by atoms with E-state index in [-0.39, 0.29) is 0 Å². The Morgan fingerprint density at radius 1 is 1.39 bits per heavy atom. The summed E-state index contributed by atoms with van der Waals surface area (Å²) in [7, 11) is 0. The lowest BCUT2D eigenvalue weighted by atomic mass is 10.0. The lowest BCUT2D eigenvalue weighted by Gasteiger charge is -2.34. The highest BCUT2D eigenvalue weighted by atomic mass is 19.2. The second kappa shape index (κ2) is 6.25. The van der Waals surface area contributed by atoms with Gasteiger partial charge in [-0.2, -0.15) is 0 Å². The lowest BCUT2D eigenvalue weighted by Crippen LogP contribution is -2.45. The molecule has 1 heterocycles. The van der Waals surface area contributed by atoms with Gasteiger partial charge in [-0.05, 0) is 32.0 Å². The number of nitrogens with one attached hydrogen (secondary N) is 1. The van der Waals surface area contributed by atoms with Crippen molar-refractivity contribution in [1.82, 2.24) is 10.2 Å². The summed E-state index contributed by atoms with van der Waals surface area (Å²) in [5, 5.41) is 3.35. The van der Waals surface area contributed by atoms with Gasteiger partial charge in [0.1, 0.15) is 0 Å². The van der Waals surface area contributed by atoms with Gasteiger partial charge in [0.15, 0.2) is 11.6 Å². The van der Waals surface area contributed by atoms with E-state index in [0.717, 1.165) is 38.5 Å². The maximum atomic E-state index is 13.6. The van der Waals surface area contributed by atoms with E-state index >= 15 is 0 Å². The van der Waals surface area contributed by atoms with Crippen LogP contribution >= 0.6 is 0 Å². The Morgan fingerprint density at radius 2 is 2.22 bits per heavy atom. The van der Waals surface area contributed by atoms with Crippen molar-refractivity contribution in [3.05, 3.63) is 35.4 Å². The monoisotopic (exact) mass is 254 g/mol. The molecule has 1 unspecified atom stereocenters. The fraction of sp³-hybridized carbons (Fsp3) is 0.571. The van der Waals surface area contributed by atoms with Crippen LogP contribution in [0, 0.1) is 11.6 Å². The van der Waals surface area contributed by atoms with Gasteiger partial charge in [0.25, 0.3) is 0 Å². The zero-order valence-corrected chi connectivity index (χ0v) is 10.8. The van der Waals surface area contributed by atoms with E-state index in [1.165, 1.54) is 0 Å². The molecule has 1 fully saturated rings. The van der Waals surface area contributed by atoms with Crippen LogP contribution in [0.25, 0.3) is 0 Å². The predicted octanol–water partition coefficient (Wildman–Crippen LogP) is 2.54. The number of hydrogen-bond acceptors (Lipinski definition) is 2. The summed E-state index contributed by atoms with van der Waals surface area (Å²) in [4.78, 5) is 2.21. The van der Waals surface area contributed by atoms with Gasteiger partial charge in [0.2, 0.25) is 0 Å². The van der Waals surface area contributed by atoms with Gasteiger partial charge in [-0.3, -0.25) is 4.90 Å². The van der Waals surface area contributed by atoms with E-state index < -0.39 is 11.6 Å². The molecule has 0 saturated carbocycles. The third-order valence-corrected chi connectivity index (χ3v) is 3.60. The maximum absolute atomic E-state index is 13.6. The SMILES string of the molecule is CCN(Cc1cccc(F)c1F)C1CCCNC1. The number of benzene rings is 1. The molecule has 1 saturated heterocycles. The highest BCUT2D eigenvalue weighted by Gasteiger charge is 2.21. The molecule has 1 aromatic carbocycles. The standard InChI is InChI=1S/C14H20F2N2/c1-2-18(12-6-4-8-17-9-12)10-11-5-3-7-13(15)14(11)16/h3,5,7,12,17H,2,4,6,8-10H2,1H3. The Balaban J connectivity index is 2.07. The second-order valence-electron chi connectivity index (χ2n) is 4.78. The molecule has 1 aromatic rings. The van der Waals surface area contributed by atoms with E-state index in [2.05, 4.69) is 17.1 Å². The summed E-state index contributed by atoms with van der Waals surface area (Å²) in [6, 6.07) is 4.82. The van der Waals surface area contributed by atoms with Gasteiger partial charge in [0.05, 0.1) is 0 Å². The van der Waals surface area contributed by atoms with Crippen molar-refractivity contribution in [3.63, 3.8) is 0 Å². The molecule has 2 nitrogen and oxygen atoms in total. The van der Waals surface area contributed by atoms with E-state index in [4.69, 9.17) is 0 Å². The van der Waals surface area contributed by atoms with Gasteiger partial charge in [-0.1, -0.05) is 19.1 Å². The molecule has 0 spiro atoms. The molecule has 1 aliphatic heterocycles. The molecule has 2 rings (SSSR count). The minimum Gasteiger partial charge on any atom is -0.315 e. The number of nitrogens with zero attached hydrogens (tertiary/aromatic N) is 1. The highest BCUT2D eigenvalue weighted by Crippen LogP contribution is 2.17. The van der Waals surface area contributed by atoms with Crippen LogP contribution in [0.1, 0.15) is 25.3 Å². The average Bonchev–Trinajstić information content (AvgIpc) is 2.41. The normalized spacial score (nSPS) is 20.3. The van der Waals surface area contributed by atoms with Gasteiger partial charge in [-0.25, -0.2) is 8.78 Å². The molecule has 18 heavy (non-hydrogen) atoms. The Bertz CT molecular complexity index is 389. The van der Waals surface area contributed by atoms with Gasteiger partial charge >= 0.3 is 0 Å². The van der Waals surface area contributed by atoms with Crippen molar-refractivity contribution < 1.29 is 8.78 Å². The minimum atomic E-state index is -0.759. The molecule has 4 heteroatoms. The van der Waals surface area contributed by atoms with Crippen molar-refractivity contribution in [2.24, 2.45) is 0 Å². The Morgan fingerprint density at radius 3 is 2.89 bits per heavy atom. The van der Waals surface area contributed by atoms with Crippen molar-refractivity contribution in [2.45, 2.75) is 32.4 Å².